The monoisotopic (exact) mass is 341 g/mol. The van der Waals surface area contributed by atoms with E-state index < -0.39 is 18.7 Å². The minimum Gasteiger partial charge on any atom is -0.482 e. The summed E-state index contributed by atoms with van der Waals surface area (Å²) in [5.41, 5.74) is 0.0390. The van der Waals surface area contributed by atoms with Gasteiger partial charge >= 0.3 is 6.18 Å². The maximum atomic E-state index is 12.2. The van der Waals surface area contributed by atoms with Gasteiger partial charge in [0.05, 0.1) is 18.9 Å². The van der Waals surface area contributed by atoms with Crippen molar-refractivity contribution in [3.63, 3.8) is 0 Å². The van der Waals surface area contributed by atoms with Gasteiger partial charge in [0.15, 0.2) is 6.61 Å². The smallest absolute Gasteiger partial charge is 0.422 e. The Bertz CT molecular complexity index is 497. The topological polar surface area (TPSA) is 56.8 Å². The molecule has 0 heterocycles. The molecule has 0 radical (unpaired) electrons. The third-order valence-corrected chi connectivity index (χ3v) is 2.51. The molecule has 0 aliphatic rings. The van der Waals surface area contributed by atoms with E-state index in [1.165, 1.54) is 25.3 Å². The van der Waals surface area contributed by atoms with Gasteiger partial charge in [-0.1, -0.05) is 11.6 Å². The van der Waals surface area contributed by atoms with Crippen molar-refractivity contribution < 1.29 is 32.2 Å². The lowest BCUT2D eigenvalue weighted by atomic mass is 10.3. The molecule has 0 unspecified atom stereocenters. The molecular formula is C13H15ClF3NO4. The number of carbonyl (C=O) groups excluding carboxylic acids is 1. The zero-order valence-electron chi connectivity index (χ0n) is 11.7. The number of alkyl halides is 3. The maximum Gasteiger partial charge on any atom is 0.422 e. The predicted octanol–water partition coefficient (Wildman–Crippen LogP) is 2.88. The van der Waals surface area contributed by atoms with E-state index in [1.54, 1.807) is 0 Å². The maximum absolute atomic E-state index is 12.2. The molecule has 0 spiro atoms. The number of rotatable bonds is 8. The molecule has 0 bridgehead atoms. The number of halogens is 4. The fourth-order valence-electron chi connectivity index (χ4n) is 1.38. The Hall–Kier alpha value is -1.51. The lowest BCUT2D eigenvalue weighted by molar-refractivity contribution is -0.153. The summed E-state index contributed by atoms with van der Waals surface area (Å²) in [7, 11) is 1.49. The highest BCUT2D eigenvalue weighted by atomic mass is 35.5. The van der Waals surface area contributed by atoms with Crippen LogP contribution in [0.5, 0.6) is 5.75 Å². The quantitative estimate of drug-likeness (QED) is 0.739. The average Bonchev–Trinajstić information content (AvgIpc) is 2.42. The van der Waals surface area contributed by atoms with Crippen LogP contribution in [0, 0.1) is 0 Å². The molecule has 22 heavy (non-hydrogen) atoms. The number of anilines is 1. The second-order valence-electron chi connectivity index (χ2n) is 4.14. The highest BCUT2D eigenvalue weighted by Crippen LogP contribution is 2.29. The van der Waals surface area contributed by atoms with Crippen LogP contribution in [0.3, 0.4) is 0 Å². The molecule has 0 aliphatic heterocycles. The number of amides is 1. The fraction of sp³-hybridized carbons (Fsp3) is 0.462. The molecule has 0 saturated carbocycles. The largest absolute Gasteiger partial charge is 0.482 e. The van der Waals surface area contributed by atoms with Crippen LogP contribution in [0.2, 0.25) is 5.02 Å². The Kier molecular flexibility index (Phi) is 7.43. The van der Waals surface area contributed by atoms with Gasteiger partial charge < -0.3 is 19.5 Å². The second-order valence-corrected chi connectivity index (χ2v) is 4.57. The van der Waals surface area contributed by atoms with E-state index in [4.69, 9.17) is 21.1 Å². The first-order chi connectivity index (χ1) is 10.3. The van der Waals surface area contributed by atoms with Crippen molar-refractivity contribution in [2.45, 2.75) is 6.18 Å². The molecule has 0 fully saturated rings. The highest BCUT2D eigenvalue weighted by molar-refractivity contribution is 6.31. The molecule has 1 rings (SSSR count). The van der Waals surface area contributed by atoms with Crippen molar-refractivity contribution in [3.05, 3.63) is 23.2 Å². The average molecular weight is 342 g/mol. The van der Waals surface area contributed by atoms with Crippen LogP contribution in [0.1, 0.15) is 0 Å². The van der Waals surface area contributed by atoms with E-state index in [0.29, 0.717) is 6.61 Å². The Morgan fingerprint density at radius 2 is 2.05 bits per heavy atom. The summed E-state index contributed by atoms with van der Waals surface area (Å²) in [5.74, 6) is -0.679. The minimum atomic E-state index is -4.48. The van der Waals surface area contributed by atoms with Gasteiger partial charge in [-0.15, -0.1) is 0 Å². The summed E-state index contributed by atoms with van der Waals surface area (Å²) >= 11 is 5.76. The molecule has 5 nitrogen and oxygen atoms in total. The van der Waals surface area contributed by atoms with E-state index in [9.17, 15) is 18.0 Å². The predicted molar refractivity (Wildman–Crippen MR) is 74.3 cm³/mol. The number of ether oxygens (including phenoxy) is 3. The number of hydrogen-bond acceptors (Lipinski definition) is 4. The van der Waals surface area contributed by atoms with Crippen LogP contribution in [0.4, 0.5) is 18.9 Å². The summed E-state index contributed by atoms with van der Waals surface area (Å²) in [4.78, 5) is 11.6. The first-order valence-corrected chi connectivity index (χ1v) is 6.55. The minimum absolute atomic E-state index is 0.0390. The van der Waals surface area contributed by atoms with E-state index in [0.717, 1.165) is 0 Å². The Morgan fingerprint density at radius 1 is 1.32 bits per heavy atom. The Labute approximate surface area is 130 Å². The Morgan fingerprint density at radius 3 is 2.68 bits per heavy atom. The van der Waals surface area contributed by atoms with Crippen LogP contribution < -0.4 is 10.1 Å². The molecule has 0 aromatic heterocycles. The number of methoxy groups -OCH3 is 1. The molecule has 1 aromatic carbocycles. The van der Waals surface area contributed by atoms with Gasteiger partial charge in [0, 0.05) is 12.1 Å². The molecule has 1 amide bonds. The molecule has 0 saturated heterocycles. The van der Waals surface area contributed by atoms with Crippen LogP contribution in [0.15, 0.2) is 18.2 Å². The number of carbonyl (C=O) groups is 1. The molecule has 0 atom stereocenters. The van der Waals surface area contributed by atoms with Crippen molar-refractivity contribution in [1.29, 1.82) is 0 Å². The summed E-state index contributed by atoms with van der Waals surface area (Å²) in [6, 6.07) is 3.90. The van der Waals surface area contributed by atoms with Gasteiger partial charge in [-0.05, 0) is 18.2 Å². The fourth-order valence-corrected chi connectivity index (χ4v) is 1.55. The van der Waals surface area contributed by atoms with Crippen molar-refractivity contribution in [2.24, 2.45) is 0 Å². The standard InChI is InChI=1S/C13H15ClF3NO4/c1-20-4-5-21-7-12(19)18-10-6-9(14)2-3-11(10)22-8-13(15,16)17/h2-3,6H,4-5,7-8H2,1H3,(H,18,19). The molecule has 0 aliphatic carbocycles. The van der Waals surface area contributed by atoms with Crippen molar-refractivity contribution >= 4 is 23.2 Å². The molecule has 9 heteroatoms. The van der Waals surface area contributed by atoms with Crippen LogP contribution in [-0.2, 0) is 14.3 Å². The van der Waals surface area contributed by atoms with Gasteiger partial charge in [-0.25, -0.2) is 0 Å². The van der Waals surface area contributed by atoms with Gasteiger partial charge in [-0.3, -0.25) is 4.79 Å². The van der Waals surface area contributed by atoms with E-state index in [2.05, 4.69) is 10.1 Å². The lowest BCUT2D eigenvalue weighted by Gasteiger charge is -2.14. The highest BCUT2D eigenvalue weighted by Gasteiger charge is 2.29. The number of nitrogens with one attached hydrogen (secondary N) is 1. The molecular weight excluding hydrogens is 327 g/mol. The van der Waals surface area contributed by atoms with E-state index >= 15 is 0 Å². The zero-order valence-corrected chi connectivity index (χ0v) is 12.5. The van der Waals surface area contributed by atoms with Gasteiger partial charge in [0.2, 0.25) is 5.91 Å². The lowest BCUT2D eigenvalue weighted by Crippen LogP contribution is -2.22. The third kappa shape index (κ3) is 7.48. The normalized spacial score (nSPS) is 11.3. The van der Waals surface area contributed by atoms with Gasteiger partial charge in [-0.2, -0.15) is 13.2 Å². The first kappa shape index (κ1) is 18.5. The summed E-state index contributed by atoms with van der Waals surface area (Å²) in [5, 5.41) is 2.63. The van der Waals surface area contributed by atoms with E-state index in [-0.39, 0.29) is 29.7 Å². The van der Waals surface area contributed by atoms with Crippen molar-refractivity contribution in [1.82, 2.24) is 0 Å². The summed E-state index contributed by atoms with van der Waals surface area (Å²) in [6.45, 7) is -1.20. The van der Waals surface area contributed by atoms with Crippen molar-refractivity contribution in [2.75, 3.05) is 38.9 Å². The van der Waals surface area contributed by atoms with Gasteiger partial charge in [0.25, 0.3) is 0 Å². The third-order valence-electron chi connectivity index (χ3n) is 2.27. The summed E-state index contributed by atoms with van der Waals surface area (Å²) < 4.78 is 50.9. The van der Waals surface area contributed by atoms with E-state index in [1.807, 2.05) is 0 Å². The first-order valence-electron chi connectivity index (χ1n) is 6.17. The Balaban J connectivity index is 2.63. The van der Waals surface area contributed by atoms with Crippen LogP contribution in [-0.4, -0.2) is 45.6 Å². The number of benzene rings is 1. The van der Waals surface area contributed by atoms with Crippen LogP contribution in [0.25, 0.3) is 0 Å². The molecule has 1 N–H and O–H groups in total. The van der Waals surface area contributed by atoms with Crippen LogP contribution >= 0.6 is 11.6 Å². The number of hydrogen-bond donors (Lipinski definition) is 1. The van der Waals surface area contributed by atoms with Gasteiger partial charge in [0.1, 0.15) is 12.4 Å². The second kappa shape index (κ2) is 8.82. The summed E-state index contributed by atoms with van der Waals surface area (Å²) in [6.07, 6.45) is -4.48. The van der Waals surface area contributed by atoms with Crippen molar-refractivity contribution in [3.8, 4) is 5.75 Å². The molecule has 1 aromatic rings. The SMILES string of the molecule is COCCOCC(=O)Nc1cc(Cl)ccc1OCC(F)(F)F. The zero-order chi connectivity index (χ0) is 16.6. The molecule has 124 valence electrons.